The number of para-hydroxylation sites is 1. The summed E-state index contributed by atoms with van der Waals surface area (Å²) in [6, 6.07) is 16.3. The van der Waals surface area contributed by atoms with Crippen molar-refractivity contribution in [2.45, 2.75) is 6.42 Å². The number of aryl methyl sites for hydroxylation is 1. The molecular formula is C26H23N6O2+. The Morgan fingerprint density at radius 1 is 1.15 bits per heavy atom. The van der Waals surface area contributed by atoms with E-state index in [0.717, 1.165) is 34.7 Å². The predicted octanol–water partition coefficient (Wildman–Crippen LogP) is 4.94. The molecular weight excluding hydrogens is 428 g/mol. The third-order valence-corrected chi connectivity index (χ3v) is 6.06. The Morgan fingerprint density at radius 2 is 2.03 bits per heavy atom. The number of hydrogen-bond donors (Lipinski definition) is 0. The lowest BCUT2D eigenvalue weighted by Gasteiger charge is -2.22. The van der Waals surface area contributed by atoms with Crippen molar-refractivity contribution in [2.75, 3.05) is 18.6 Å². The van der Waals surface area contributed by atoms with Crippen molar-refractivity contribution in [3.63, 3.8) is 0 Å². The fraction of sp³-hybridized carbons (Fsp3) is 0.154. The zero-order chi connectivity index (χ0) is 23.1. The molecule has 0 saturated heterocycles. The van der Waals surface area contributed by atoms with Crippen molar-refractivity contribution < 1.29 is 13.4 Å². The zero-order valence-corrected chi connectivity index (χ0v) is 18.9. The van der Waals surface area contributed by atoms with Crippen LogP contribution in [0, 0.1) is 0 Å². The van der Waals surface area contributed by atoms with Gasteiger partial charge in [-0.2, -0.15) is 0 Å². The van der Waals surface area contributed by atoms with Gasteiger partial charge in [0.25, 0.3) is 5.82 Å². The minimum atomic E-state index is 0.383. The largest absolute Gasteiger partial charge is 0.432 e. The average molecular weight is 452 g/mol. The van der Waals surface area contributed by atoms with Crippen molar-refractivity contribution in [3.05, 3.63) is 78.5 Å². The zero-order valence-electron chi connectivity index (χ0n) is 18.9. The van der Waals surface area contributed by atoms with Gasteiger partial charge in [-0.05, 0) is 24.3 Å². The number of fused-ring (bicyclic) bond motifs is 2. The lowest BCUT2D eigenvalue weighted by molar-refractivity contribution is -0.403. The number of furan rings is 1. The maximum Gasteiger partial charge on any atom is 0.318 e. The van der Waals surface area contributed by atoms with Gasteiger partial charge in [-0.1, -0.05) is 24.3 Å². The highest BCUT2D eigenvalue weighted by Crippen LogP contribution is 2.35. The molecule has 8 nitrogen and oxygen atoms in total. The molecule has 0 aliphatic carbocycles. The Morgan fingerprint density at radius 3 is 2.91 bits per heavy atom. The second-order valence-electron chi connectivity index (χ2n) is 8.23. The van der Waals surface area contributed by atoms with E-state index in [9.17, 15) is 0 Å². The van der Waals surface area contributed by atoms with Crippen LogP contribution < -0.4 is 4.90 Å². The molecule has 34 heavy (non-hydrogen) atoms. The molecule has 5 aromatic rings. The molecule has 0 unspecified atom stereocenters. The molecule has 0 bridgehead atoms. The predicted molar refractivity (Wildman–Crippen MR) is 132 cm³/mol. The van der Waals surface area contributed by atoms with E-state index in [2.05, 4.69) is 68.7 Å². The summed E-state index contributed by atoms with van der Waals surface area (Å²) in [5.41, 5.74) is 5.85. The first-order valence-corrected chi connectivity index (χ1v) is 11.0. The number of benzene rings is 1. The minimum Gasteiger partial charge on any atom is -0.432 e. The van der Waals surface area contributed by atoms with Crippen molar-refractivity contribution in [2.24, 2.45) is 12.0 Å². The summed E-state index contributed by atoms with van der Waals surface area (Å²) in [6.45, 7) is 0.383. The van der Waals surface area contributed by atoms with Gasteiger partial charge in [0.05, 0.1) is 42.7 Å². The van der Waals surface area contributed by atoms with E-state index in [4.69, 9.17) is 13.8 Å². The summed E-state index contributed by atoms with van der Waals surface area (Å²) < 4.78 is 14.9. The van der Waals surface area contributed by atoms with E-state index in [1.165, 1.54) is 17.8 Å². The van der Waals surface area contributed by atoms with E-state index in [-0.39, 0.29) is 0 Å². The fourth-order valence-corrected chi connectivity index (χ4v) is 4.48. The second kappa shape index (κ2) is 8.15. The van der Waals surface area contributed by atoms with Gasteiger partial charge in [0.2, 0.25) is 0 Å². The topological polar surface area (TPSA) is 75.6 Å². The van der Waals surface area contributed by atoms with Crippen LogP contribution in [-0.2, 0) is 13.5 Å². The number of aliphatic imine (C=N–C) groups is 1. The van der Waals surface area contributed by atoms with E-state index >= 15 is 0 Å². The highest BCUT2D eigenvalue weighted by molar-refractivity contribution is 5.93. The SMILES string of the molecule is Cn1cc(-c2cccc(N(C/N=C/c3coc4ocnc34)c3ccccc3)n2)c2c1[N+](C)=CC2. The smallest absolute Gasteiger partial charge is 0.318 e. The number of anilines is 2. The quantitative estimate of drug-likeness (QED) is 0.270. The van der Waals surface area contributed by atoms with Crippen LogP contribution >= 0.6 is 0 Å². The van der Waals surface area contributed by atoms with Gasteiger partial charge in [-0.15, -0.1) is 0 Å². The van der Waals surface area contributed by atoms with Gasteiger partial charge in [-0.25, -0.2) is 19.1 Å². The van der Waals surface area contributed by atoms with Gasteiger partial charge in [0.15, 0.2) is 11.9 Å². The summed E-state index contributed by atoms with van der Waals surface area (Å²) in [6.07, 6.45) is 9.98. The van der Waals surface area contributed by atoms with Crippen molar-refractivity contribution in [1.82, 2.24) is 14.5 Å². The first-order chi connectivity index (χ1) is 16.7. The Kier molecular flexibility index (Phi) is 4.83. The van der Waals surface area contributed by atoms with Crippen LogP contribution in [-0.4, -0.2) is 45.3 Å². The summed E-state index contributed by atoms with van der Waals surface area (Å²) in [5, 5.41) is 0. The fourth-order valence-electron chi connectivity index (χ4n) is 4.48. The van der Waals surface area contributed by atoms with Gasteiger partial charge >= 0.3 is 5.78 Å². The number of rotatable bonds is 6. The summed E-state index contributed by atoms with van der Waals surface area (Å²) in [7, 11) is 4.16. The maximum absolute atomic E-state index is 5.37. The molecule has 1 aliphatic heterocycles. The lowest BCUT2D eigenvalue weighted by Crippen LogP contribution is -2.18. The van der Waals surface area contributed by atoms with Crippen LogP contribution in [0.15, 0.2) is 81.2 Å². The minimum absolute atomic E-state index is 0.383. The number of aromatic nitrogens is 3. The molecule has 1 aliphatic rings. The average Bonchev–Trinajstić information content (AvgIpc) is 3.63. The first kappa shape index (κ1) is 20.2. The van der Waals surface area contributed by atoms with Crippen LogP contribution in [0.1, 0.15) is 11.1 Å². The normalized spacial score (nSPS) is 13.1. The molecule has 4 aromatic heterocycles. The Hall–Kier alpha value is -4.46. The standard InChI is InChI=1S/C26H23N6O2/c1-30-12-11-20-21(14-31(2)25(20)30)22-9-6-10-23(29-22)32(19-7-4-3-5-8-19)16-27-13-18-15-33-26-24(18)28-17-34-26/h3-10,12-15,17H,11,16H2,1-2H3/q+1/b27-13+. The van der Waals surface area contributed by atoms with Gasteiger partial charge in [0.1, 0.15) is 24.9 Å². The van der Waals surface area contributed by atoms with Gasteiger partial charge < -0.3 is 13.7 Å². The van der Waals surface area contributed by atoms with Crippen LogP contribution in [0.3, 0.4) is 0 Å². The van der Waals surface area contributed by atoms with E-state index in [1.807, 2.05) is 30.3 Å². The molecule has 0 amide bonds. The van der Waals surface area contributed by atoms with Crippen LogP contribution in [0.25, 0.3) is 22.6 Å². The summed E-state index contributed by atoms with van der Waals surface area (Å²) in [5.74, 6) is 2.44. The van der Waals surface area contributed by atoms with Gasteiger partial charge in [0, 0.05) is 18.3 Å². The van der Waals surface area contributed by atoms with Crippen LogP contribution in [0.5, 0.6) is 0 Å². The molecule has 6 rings (SSSR count). The number of pyridine rings is 1. The van der Waals surface area contributed by atoms with E-state index in [1.54, 1.807) is 12.5 Å². The van der Waals surface area contributed by atoms with Crippen LogP contribution in [0.4, 0.5) is 17.3 Å². The lowest BCUT2D eigenvalue weighted by atomic mass is 10.1. The highest BCUT2D eigenvalue weighted by Gasteiger charge is 2.27. The van der Waals surface area contributed by atoms with Crippen molar-refractivity contribution in [3.8, 4) is 11.3 Å². The van der Waals surface area contributed by atoms with Crippen molar-refractivity contribution in [1.29, 1.82) is 0 Å². The molecule has 1 aromatic carbocycles. The molecule has 168 valence electrons. The third-order valence-electron chi connectivity index (χ3n) is 6.06. The Balaban J connectivity index is 1.35. The molecule has 5 heterocycles. The molecule has 8 heteroatoms. The number of hydrogen-bond acceptors (Lipinski definition) is 6. The third kappa shape index (κ3) is 3.40. The van der Waals surface area contributed by atoms with E-state index < -0.39 is 0 Å². The molecule has 0 saturated carbocycles. The highest BCUT2D eigenvalue weighted by atomic mass is 16.5. The summed E-state index contributed by atoms with van der Waals surface area (Å²) in [4.78, 5) is 16.0. The first-order valence-electron chi connectivity index (χ1n) is 11.0. The summed E-state index contributed by atoms with van der Waals surface area (Å²) >= 11 is 0. The van der Waals surface area contributed by atoms with E-state index in [0.29, 0.717) is 18.0 Å². The monoisotopic (exact) mass is 451 g/mol. The molecule has 0 atom stereocenters. The number of nitrogens with zero attached hydrogens (tertiary/aromatic N) is 6. The molecule has 0 fully saturated rings. The number of oxazole rings is 1. The van der Waals surface area contributed by atoms with Gasteiger partial charge in [-0.3, -0.25) is 4.99 Å². The molecule has 0 N–H and O–H groups in total. The Labute approximate surface area is 196 Å². The van der Waals surface area contributed by atoms with Crippen molar-refractivity contribution >= 4 is 41.0 Å². The molecule has 0 spiro atoms. The Bertz CT molecular complexity index is 1540. The maximum atomic E-state index is 5.37. The molecule has 0 radical (unpaired) electrons. The second-order valence-corrected chi connectivity index (χ2v) is 8.23. The van der Waals surface area contributed by atoms with Crippen LogP contribution in [0.2, 0.25) is 0 Å².